The second-order valence-electron chi connectivity index (χ2n) is 6.81. The molecule has 5 amide bonds. The molecular weight excluding hydrogens is 390 g/mol. The van der Waals surface area contributed by atoms with Gasteiger partial charge >= 0.3 is 17.8 Å². The molecule has 1 N–H and O–H groups in total. The molecule has 0 saturated carbocycles. The van der Waals surface area contributed by atoms with E-state index in [2.05, 4.69) is 5.32 Å². The summed E-state index contributed by atoms with van der Waals surface area (Å²) in [6.45, 7) is 0.444. The van der Waals surface area contributed by atoms with Crippen molar-refractivity contribution in [3.8, 4) is 11.5 Å². The van der Waals surface area contributed by atoms with E-state index in [-0.39, 0.29) is 6.54 Å². The molecule has 0 bridgehead atoms. The Morgan fingerprint density at radius 3 is 2.37 bits per heavy atom. The maximum atomic E-state index is 12.5. The average Bonchev–Trinajstić information content (AvgIpc) is 2.92. The van der Waals surface area contributed by atoms with Gasteiger partial charge in [-0.15, -0.1) is 0 Å². The zero-order valence-corrected chi connectivity index (χ0v) is 16.0. The predicted molar refractivity (Wildman–Crippen MR) is 105 cm³/mol. The van der Waals surface area contributed by atoms with Gasteiger partial charge in [0.2, 0.25) is 5.91 Å². The van der Waals surface area contributed by atoms with E-state index in [0.29, 0.717) is 40.9 Å². The van der Waals surface area contributed by atoms with Gasteiger partial charge in [0.15, 0.2) is 11.5 Å². The van der Waals surface area contributed by atoms with Gasteiger partial charge in [0, 0.05) is 18.2 Å². The number of urea groups is 1. The number of nitrogens with one attached hydrogen (secondary N) is 1. The molecule has 0 radical (unpaired) electrons. The summed E-state index contributed by atoms with van der Waals surface area (Å²) in [7, 11) is 0. The number of anilines is 1. The van der Waals surface area contributed by atoms with Gasteiger partial charge < -0.3 is 14.8 Å². The van der Waals surface area contributed by atoms with E-state index in [1.54, 1.807) is 48.5 Å². The fourth-order valence-corrected chi connectivity index (χ4v) is 3.18. The lowest BCUT2D eigenvalue weighted by Crippen LogP contribution is -2.38. The third-order valence-electron chi connectivity index (χ3n) is 4.65. The number of imide groups is 2. The number of hydrogen-bond donors (Lipinski definition) is 1. The standard InChI is InChI=1S/C21H19N3O6/c25-18(22-15-7-8-16-17(11-15)30-10-4-9-29-16)13-24-20(27)19(26)23(21(24)28)12-14-5-2-1-3-6-14/h1-3,5-8,11H,4,9-10,12-13H2,(H,22,25). The van der Waals surface area contributed by atoms with Crippen LogP contribution in [0.5, 0.6) is 11.5 Å². The van der Waals surface area contributed by atoms with Gasteiger partial charge in [0.25, 0.3) is 0 Å². The molecule has 1 fully saturated rings. The second kappa shape index (κ2) is 8.24. The summed E-state index contributed by atoms with van der Waals surface area (Å²) < 4.78 is 11.1. The molecule has 2 aliphatic heterocycles. The molecule has 2 aliphatic rings. The van der Waals surface area contributed by atoms with Crippen LogP contribution >= 0.6 is 0 Å². The fourth-order valence-electron chi connectivity index (χ4n) is 3.18. The first-order chi connectivity index (χ1) is 14.5. The summed E-state index contributed by atoms with van der Waals surface area (Å²) in [6, 6.07) is 12.9. The lowest BCUT2D eigenvalue weighted by Gasteiger charge is -2.16. The Kier molecular flexibility index (Phi) is 5.34. The maximum Gasteiger partial charge on any atom is 0.335 e. The number of rotatable bonds is 5. The molecular formula is C21H19N3O6. The van der Waals surface area contributed by atoms with Crippen molar-refractivity contribution < 1.29 is 28.7 Å². The number of amides is 5. The molecule has 1 saturated heterocycles. The molecule has 0 aliphatic carbocycles. The van der Waals surface area contributed by atoms with Crippen LogP contribution in [0.3, 0.4) is 0 Å². The van der Waals surface area contributed by atoms with Crippen LogP contribution in [0.1, 0.15) is 12.0 Å². The maximum absolute atomic E-state index is 12.5. The van der Waals surface area contributed by atoms with Crippen LogP contribution in [-0.4, -0.2) is 53.3 Å². The molecule has 0 unspecified atom stereocenters. The molecule has 4 rings (SSSR count). The first-order valence-corrected chi connectivity index (χ1v) is 9.43. The Morgan fingerprint density at radius 2 is 1.60 bits per heavy atom. The van der Waals surface area contributed by atoms with Gasteiger partial charge in [-0.25, -0.2) is 9.69 Å². The van der Waals surface area contributed by atoms with Crippen molar-refractivity contribution >= 4 is 29.4 Å². The highest BCUT2D eigenvalue weighted by atomic mass is 16.5. The first kappa shape index (κ1) is 19.4. The minimum Gasteiger partial charge on any atom is -0.490 e. The van der Waals surface area contributed by atoms with Crippen LogP contribution in [0.4, 0.5) is 10.5 Å². The Bertz CT molecular complexity index is 1010. The van der Waals surface area contributed by atoms with E-state index in [1.165, 1.54) is 0 Å². The van der Waals surface area contributed by atoms with Crippen molar-refractivity contribution in [3.63, 3.8) is 0 Å². The van der Waals surface area contributed by atoms with E-state index in [0.717, 1.165) is 11.3 Å². The largest absolute Gasteiger partial charge is 0.490 e. The molecule has 2 heterocycles. The molecule has 154 valence electrons. The molecule has 9 heteroatoms. The lowest BCUT2D eigenvalue weighted by atomic mass is 10.2. The predicted octanol–water partition coefficient (Wildman–Crippen LogP) is 1.78. The van der Waals surface area contributed by atoms with Crippen molar-refractivity contribution in [2.24, 2.45) is 0 Å². The number of benzene rings is 2. The Labute approximate surface area is 172 Å². The summed E-state index contributed by atoms with van der Waals surface area (Å²) in [4.78, 5) is 50.9. The highest BCUT2D eigenvalue weighted by Gasteiger charge is 2.45. The number of ether oxygens (including phenoxy) is 2. The highest BCUT2D eigenvalue weighted by Crippen LogP contribution is 2.32. The zero-order chi connectivity index (χ0) is 21.1. The fraction of sp³-hybridized carbons (Fsp3) is 0.238. The minimum absolute atomic E-state index is 0.0372. The number of hydrogen-bond acceptors (Lipinski definition) is 6. The Morgan fingerprint density at radius 1 is 0.900 bits per heavy atom. The Balaban J connectivity index is 1.41. The monoisotopic (exact) mass is 409 g/mol. The topological polar surface area (TPSA) is 105 Å². The number of fused-ring (bicyclic) bond motifs is 1. The summed E-state index contributed by atoms with van der Waals surface area (Å²) in [5, 5.41) is 2.61. The zero-order valence-electron chi connectivity index (χ0n) is 16.0. The summed E-state index contributed by atoms with van der Waals surface area (Å²) in [5.41, 5.74) is 1.13. The summed E-state index contributed by atoms with van der Waals surface area (Å²) in [6.07, 6.45) is 0.753. The van der Waals surface area contributed by atoms with Crippen LogP contribution in [0, 0.1) is 0 Å². The number of carbonyl (C=O) groups is 4. The van der Waals surface area contributed by atoms with Crippen molar-refractivity contribution in [3.05, 3.63) is 54.1 Å². The van der Waals surface area contributed by atoms with Crippen molar-refractivity contribution in [2.75, 3.05) is 25.1 Å². The second-order valence-corrected chi connectivity index (χ2v) is 6.81. The van der Waals surface area contributed by atoms with Gasteiger partial charge in [-0.3, -0.25) is 19.3 Å². The van der Waals surface area contributed by atoms with Gasteiger partial charge in [-0.2, -0.15) is 0 Å². The van der Waals surface area contributed by atoms with Crippen LogP contribution in [0.15, 0.2) is 48.5 Å². The average molecular weight is 409 g/mol. The molecule has 30 heavy (non-hydrogen) atoms. The first-order valence-electron chi connectivity index (χ1n) is 9.43. The van der Waals surface area contributed by atoms with E-state index < -0.39 is 30.3 Å². The molecule has 2 aromatic carbocycles. The van der Waals surface area contributed by atoms with Gasteiger partial charge in [-0.05, 0) is 17.7 Å². The highest BCUT2D eigenvalue weighted by molar-refractivity contribution is 6.45. The van der Waals surface area contributed by atoms with Crippen LogP contribution in [0.2, 0.25) is 0 Å². The molecule has 0 atom stereocenters. The Hall–Kier alpha value is -3.88. The SMILES string of the molecule is O=C(CN1C(=O)C(=O)N(Cc2ccccc2)C1=O)Nc1ccc2c(c1)OCCCO2. The number of carbonyl (C=O) groups excluding carboxylic acids is 4. The van der Waals surface area contributed by atoms with E-state index in [1.807, 2.05) is 0 Å². The third-order valence-corrected chi connectivity index (χ3v) is 4.65. The molecule has 0 spiro atoms. The van der Waals surface area contributed by atoms with Crippen molar-refractivity contribution in [1.82, 2.24) is 9.80 Å². The smallest absolute Gasteiger partial charge is 0.335 e. The van der Waals surface area contributed by atoms with E-state index >= 15 is 0 Å². The summed E-state index contributed by atoms with van der Waals surface area (Å²) in [5.74, 6) is -1.50. The van der Waals surface area contributed by atoms with Crippen LogP contribution in [0.25, 0.3) is 0 Å². The molecule has 2 aromatic rings. The van der Waals surface area contributed by atoms with E-state index in [4.69, 9.17) is 9.47 Å². The summed E-state index contributed by atoms with van der Waals surface area (Å²) >= 11 is 0. The van der Waals surface area contributed by atoms with Gasteiger partial charge in [0.1, 0.15) is 6.54 Å². The van der Waals surface area contributed by atoms with Crippen LogP contribution in [-0.2, 0) is 20.9 Å². The van der Waals surface area contributed by atoms with Crippen molar-refractivity contribution in [1.29, 1.82) is 0 Å². The van der Waals surface area contributed by atoms with Gasteiger partial charge in [0.05, 0.1) is 19.8 Å². The van der Waals surface area contributed by atoms with E-state index in [9.17, 15) is 19.2 Å². The van der Waals surface area contributed by atoms with Gasteiger partial charge in [-0.1, -0.05) is 30.3 Å². The van der Waals surface area contributed by atoms with Crippen LogP contribution < -0.4 is 14.8 Å². The molecule has 9 nitrogen and oxygen atoms in total. The lowest BCUT2D eigenvalue weighted by molar-refractivity contribution is -0.143. The minimum atomic E-state index is -1.02. The number of nitrogens with zero attached hydrogens (tertiary/aromatic N) is 2. The quantitative estimate of drug-likeness (QED) is 0.596. The van der Waals surface area contributed by atoms with Crippen molar-refractivity contribution in [2.45, 2.75) is 13.0 Å². The third kappa shape index (κ3) is 3.95. The molecule has 0 aromatic heterocycles. The normalized spacial score (nSPS) is 15.9.